The van der Waals surface area contributed by atoms with Crippen LogP contribution in [0, 0.1) is 0 Å². The molecule has 0 aromatic rings. The van der Waals surface area contributed by atoms with Gasteiger partial charge in [-0.05, 0) is 12.8 Å². The fourth-order valence-corrected chi connectivity index (χ4v) is 0.809. The minimum absolute atomic E-state index is 0.208. The van der Waals surface area contributed by atoms with Crippen molar-refractivity contribution in [1.82, 2.24) is 0 Å². The molecule has 6 heteroatoms. The topological polar surface area (TPSA) is 0 Å². The molecule has 0 aromatic carbocycles. The lowest BCUT2D eigenvalue weighted by molar-refractivity contribution is -0.270. The molecule has 0 amide bonds. The van der Waals surface area contributed by atoms with Crippen LogP contribution in [-0.2, 0) is 0 Å². The molecule has 0 rings (SSSR count). The summed E-state index contributed by atoms with van der Waals surface area (Å²) in [4.78, 5) is 0. The monoisotopic (exact) mass is 208 g/mol. The van der Waals surface area contributed by atoms with E-state index in [2.05, 4.69) is 0 Å². The minimum Gasteiger partial charge on any atom is -0.227 e. The third-order valence-electron chi connectivity index (χ3n) is 1.71. The fraction of sp³-hybridized carbons (Fsp3) is 1.00. The molecule has 0 aromatic heterocycles. The molecule has 0 radical (unpaired) electrons. The molecule has 1 unspecified atom stereocenters. The highest BCUT2D eigenvalue weighted by molar-refractivity contribution is 4.89. The second kappa shape index (κ2) is 4.19. The molecule has 0 nitrogen and oxygen atoms in total. The molecule has 80 valence electrons. The molecular weight excluding hydrogens is 198 g/mol. The number of unbranched alkanes of at least 4 members (excludes halogenated alkanes) is 1. The first-order chi connectivity index (χ1) is 5.75. The lowest BCUT2D eigenvalue weighted by Gasteiger charge is -2.26. The number of halogens is 6. The van der Waals surface area contributed by atoms with E-state index >= 15 is 0 Å². The van der Waals surface area contributed by atoms with Crippen LogP contribution < -0.4 is 0 Å². The van der Waals surface area contributed by atoms with Crippen LogP contribution in [0.3, 0.4) is 0 Å². The average Bonchev–Trinajstić information content (AvgIpc) is 1.97. The van der Waals surface area contributed by atoms with Crippen molar-refractivity contribution in [2.75, 3.05) is 0 Å². The van der Waals surface area contributed by atoms with Gasteiger partial charge >= 0.3 is 6.18 Å². The Balaban J connectivity index is 4.54. The van der Waals surface area contributed by atoms with Crippen molar-refractivity contribution < 1.29 is 26.3 Å². The molecule has 13 heavy (non-hydrogen) atoms. The highest BCUT2D eigenvalue weighted by Crippen LogP contribution is 2.42. The van der Waals surface area contributed by atoms with E-state index < -0.39 is 24.7 Å². The summed E-state index contributed by atoms with van der Waals surface area (Å²) < 4.78 is 71.8. The minimum atomic E-state index is -5.49. The highest BCUT2D eigenvalue weighted by Gasteiger charge is 2.61. The summed E-state index contributed by atoms with van der Waals surface area (Å²) in [6.07, 6.45) is -10.6. The predicted molar refractivity (Wildman–Crippen MR) is 35.4 cm³/mol. The van der Waals surface area contributed by atoms with Crippen molar-refractivity contribution in [3.63, 3.8) is 0 Å². The molecule has 0 heterocycles. The largest absolute Gasteiger partial charge is 0.428 e. The van der Waals surface area contributed by atoms with Gasteiger partial charge in [-0.2, -0.15) is 13.2 Å². The molecule has 0 bridgehead atoms. The second-order valence-corrected chi connectivity index (χ2v) is 2.76. The summed E-state index contributed by atoms with van der Waals surface area (Å²) in [5, 5.41) is 0. The summed E-state index contributed by atoms with van der Waals surface area (Å²) in [5.41, 5.74) is -4.34. The van der Waals surface area contributed by atoms with Gasteiger partial charge in [0.15, 0.2) is 0 Å². The summed E-state index contributed by atoms with van der Waals surface area (Å²) in [6, 6.07) is 0. The van der Waals surface area contributed by atoms with E-state index in [9.17, 15) is 26.3 Å². The van der Waals surface area contributed by atoms with Gasteiger partial charge in [0, 0.05) is 0 Å². The van der Waals surface area contributed by atoms with Crippen LogP contribution >= 0.6 is 0 Å². The van der Waals surface area contributed by atoms with E-state index in [0.29, 0.717) is 0 Å². The zero-order valence-electron chi connectivity index (χ0n) is 6.97. The Morgan fingerprint density at radius 2 is 1.54 bits per heavy atom. The number of alkyl halides is 6. The normalized spacial score (nSPS) is 17.5. The lowest BCUT2D eigenvalue weighted by Crippen LogP contribution is -2.47. The standard InChI is InChI=1S/C7H10F6/c1-2-3-4-6(10,5(8)9)7(11,12)13/h5H,2-4H2,1H3. The Bertz CT molecular complexity index is 152. The van der Waals surface area contributed by atoms with Crippen molar-refractivity contribution in [3.8, 4) is 0 Å². The quantitative estimate of drug-likeness (QED) is 0.618. The number of hydrogen-bond donors (Lipinski definition) is 0. The van der Waals surface area contributed by atoms with E-state index in [1.807, 2.05) is 0 Å². The molecule has 0 N–H and O–H groups in total. The van der Waals surface area contributed by atoms with Crippen molar-refractivity contribution in [1.29, 1.82) is 0 Å². The lowest BCUT2D eigenvalue weighted by atomic mass is 9.99. The van der Waals surface area contributed by atoms with Gasteiger partial charge in [0.1, 0.15) is 0 Å². The van der Waals surface area contributed by atoms with Crippen molar-refractivity contribution in [2.45, 2.75) is 44.5 Å². The Hall–Kier alpha value is -0.420. The third-order valence-corrected chi connectivity index (χ3v) is 1.71. The summed E-state index contributed by atoms with van der Waals surface area (Å²) in [6.45, 7) is 1.50. The van der Waals surface area contributed by atoms with Gasteiger partial charge in [-0.3, -0.25) is 0 Å². The zero-order valence-corrected chi connectivity index (χ0v) is 6.97. The molecule has 0 fully saturated rings. The van der Waals surface area contributed by atoms with Crippen LogP contribution in [0.4, 0.5) is 26.3 Å². The van der Waals surface area contributed by atoms with Crippen molar-refractivity contribution in [2.24, 2.45) is 0 Å². The highest BCUT2D eigenvalue weighted by atomic mass is 19.4. The molecule has 0 saturated heterocycles. The smallest absolute Gasteiger partial charge is 0.227 e. The number of hydrogen-bond acceptors (Lipinski definition) is 0. The first kappa shape index (κ1) is 12.6. The Labute approximate surface area is 71.9 Å². The Kier molecular flexibility index (Phi) is 4.06. The average molecular weight is 208 g/mol. The van der Waals surface area contributed by atoms with Crippen molar-refractivity contribution in [3.05, 3.63) is 0 Å². The maximum absolute atomic E-state index is 12.7. The fourth-order valence-electron chi connectivity index (χ4n) is 0.809. The molecule has 0 aliphatic carbocycles. The van der Waals surface area contributed by atoms with Gasteiger partial charge in [-0.1, -0.05) is 13.3 Å². The van der Waals surface area contributed by atoms with Gasteiger partial charge in [0.25, 0.3) is 12.1 Å². The Morgan fingerprint density at radius 1 is 1.08 bits per heavy atom. The molecule has 1 atom stereocenters. The van der Waals surface area contributed by atoms with Gasteiger partial charge in [-0.25, -0.2) is 13.2 Å². The molecule has 0 spiro atoms. The predicted octanol–water partition coefficient (Wildman–Crippen LogP) is 3.71. The summed E-state index contributed by atoms with van der Waals surface area (Å²) >= 11 is 0. The molecular formula is C7H10F6. The molecule has 0 aliphatic heterocycles. The van der Waals surface area contributed by atoms with E-state index in [1.54, 1.807) is 0 Å². The summed E-state index contributed by atoms with van der Waals surface area (Å²) in [7, 11) is 0. The van der Waals surface area contributed by atoms with Crippen LogP contribution in [0.1, 0.15) is 26.2 Å². The Morgan fingerprint density at radius 3 is 1.77 bits per heavy atom. The van der Waals surface area contributed by atoms with Crippen LogP contribution in [-0.4, -0.2) is 18.3 Å². The maximum atomic E-state index is 12.7. The number of rotatable bonds is 4. The van der Waals surface area contributed by atoms with Crippen LogP contribution in [0.15, 0.2) is 0 Å². The van der Waals surface area contributed by atoms with E-state index in [1.165, 1.54) is 6.92 Å². The maximum Gasteiger partial charge on any atom is 0.428 e. The van der Waals surface area contributed by atoms with Crippen LogP contribution in [0.2, 0.25) is 0 Å². The summed E-state index contributed by atoms with van der Waals surface area (Å²) in [5.74, 6) is 0. The van der Waals surface area contributed by atoms with E-state index in [0.717, 1.165) is 0 Å². The van der Waals surface area contributed by atoms with Crippen LogP contribution in [0.25, 0.3) is 0 Å². The third kappa shape index (κ3) is 2.77. The van der Waals surface area contributed by atoms with Crippen molar-refractivity contribution >= 4 is 0 Å². The van der Waals surface area contributed by atoms with Gasteiger partial charge in [0.2, 0.25) is 0 Å². The SMILES string of the molecule is CCCCC(F)(C(F)F)C(F)(F)F. The first-order valence-corrected chi connectivity index (χ1v) is 3.79. The second-order valence-electron chi connectivity index (χ2n) is 2.76. The van der Waals surface area contributed by atoms with Gasteiger partial charge in [-0.15, -0.1) is 0 Å². The molecule has 0 saturated carbocycles. The van der Waals surface area contributed by atoms with Crippen LogP contribution in [0.5, 0.6) is 0 Å². The first-order valence-electron chi connectivity index (χ1n) is 3.79. The zero-order chi connectivity index (χ0) is 10.7. The van der Waals surface area contributed by atoms with Gasteiger partial charge in [0.05, 0.1) is 0 Å². The van der Waals surface area contributed by atoms with E-state index in [-0.39, 0.29) is 12.8 Å². The van der Waals surface area contributed by atoms with Gasteiger partial charge < -0.3 is 0 Å². The molecule has 0 aliphatic rings. The van der Waals surface area contributed by atoms with E-state index in [4.69, 9.17) is 0 Å².